The van der Waals surface area contributed by atoms with Crippen LogP contribution in [0.2, 0.25) is 0 Å². The van der Waals surface area contributed by atoms with Crippen LogP contribution in [0.5, 0.6) is 0 Å². The summed E-state index contributed by atoms with van der Waals surface area (Å²) < 4.78 is 26.4. The molecule has 3 aromatic rings. The fraction of sp³-hybridized carbons (Fsp3) is 0.133. The number of aromatic amines is 1. The Morgan fingerprint density at radius 2 is 1.76 bits per heavy atom. The van der Waals surface area contributed by atoms with Crippen molar-refractivity contribution in [2.45, 2.75) is 4.90 Å². The van der Waals surface area contributed by atoms with E-state index in [0.29, 0.717) is 11.0 Å². The monoisotopic (exact) mass is 363 g/mol. The van der Waals surface area contributed by atoms with Gasteiger partial charge in [-0.05, 0) is 24.3 Å². The van der Waals surface area contributed by atoms with Crippen LogP contribution in [0.3, 0.4) is 0 Å². The maximum atomic E-state index is 12.7. The van der Waals surface area contributed by atoms with Gasteiger partial charge < -0.3 is 10.1 Å². The summed E-state index contributed by atoms with van der Waals surface area (Å²) in [5.41, 5.74) is 0.0852. The van der Waals surface area contributed by atoms with Crippen LogP contribution in [0.25, 0.3) is 21.8 Å². The number of non-ortho nitro benzene ring substituents is 1. The summed E-state index contributed by atoms with van der Waals surface area (Å²) in [6.45, 7) is -0.512. The molecule has 130 valence electrons. The number of sulfonamides is 1. The smallest absolute Gasteiger partial charge is 0.270 e. The molecule has 0 saturated heterocycles. The van der Waals surface area contributed by atoms with Crippen LogP contribution in [0.15, 0.2) is 46.1 Å². The Morgan fingerprint density at radius 1 is 1.12 bits per heavy atom. The second kappa shape index (κ2) is 6.24. The van der Waals surface area contributed by atoms with Gasteiger partial charge in [0.15, 0.2) is 5.43 Å². The minimum absolute atomic E-state index is 0.0968. The van der Waals surface area contributed by atoms with Gasteiger partial charge in [0.1, 0.15) is 0 Å². The number of pyridine rings is 1. The Balaban J connectivity index is 2.25. The third-order valence-corrected chi connectivity index (χ3v) is 5.14. The van der Waals surface area contributed by atoms with Crippen molar-refractivity contribution in [1.82, 2.24) is 9.71 Å². The van der Waals surface area contributed by atoms with Crippen LogP contribution < -0.4 is 10.2 Å². The van der Waals surface area contributed by atoms with E-state index in [1.807, 2.05) is 0 Å². The van der Waals surface area contributed by atoms with Crippen molar-refractivity contribution in [1.29, 1.82) is 0 Å². The number of hydrogen-bond acceptors (Lipinski definition) is 6. The lowest BCUT2D eigenvalue weighted by Gasteiger charge is -2.07. The Hall–Kier alpha value is -2.82. The second-order valence-electron chi connectivity index (χ2n) is 5.27. The quantitative estimate of drug-likeness (QED) is 0.349. The number of aromatic nitrogens is 1. The van der Waals surface area contributed by atoms with E-state index in [4.69, 9.17) is 5.11 Å². The average molecular weight is 363 g/mol. The van der Waals surface area contributed by atoms with Crippen LogP contribution in [0.1, 0.15) is 0 Å². The fourth-order valence-corrected chi connectivity index (χ4v) is 3.53. The number of hydrogen-bond donors (Lipinski definition) is 3. The second-order valence-corrected chi connectivity index (χ2v) is 7.04. The van der Waals surface area contributed by atoms with Gasteiger partial charge in [-0.15, -0.1) is 0 Å². The number of fused-ring (bicyclic) bond motifs is 2. The number of aliphatic hydroxyl groups excluding tert-OH is 1. The highest BCUT2D eigenvalue weighted by atomic mass is 32.2. The number of nitrogens with zero attached hydrogens (tertiary/aromatic N) is 1. The van der Waals surface area contributed by atoms with E-state index in [-0.39, 0.29) is 34.5 Å². The van der Waals surface area contributed by atoms with Crippen molar-refractivity contribution in [2.24, 2.45) is 0 Å². The zero-order valence-corrected chi connectivity index (χ0v) is 13.5. The van der Waals surface area contributed by atoms with Gasteiger partial charge in [0.05, 0.1) is 27.3 Å². The maximum absolute atomic E-state index is 12.7. The number of benzene rings is 2. The predicted octanol–water partition coefficient (Wildman–Crippen LogP) is 0.860. The third kappa shape index (κ3) is 3.09. The van der Waals surface area contributed by atoms with E-state index in [1.165, 1.54) is 30.3 Å². The number of nitrogens with one attached hydrogen (secondary N) is 2. The first-order chi connectivity index (χ1) is 11.8. The lowest BCUT2D eigenvalue weighted by atomic mass is 10.1. The maximum Gasteiger partial charge on any atom is 0.270 e. The molecule has 0 fully saturated rings. The van der Waals surface area contributed by atoms with E-state index in [0.717, 1.165) is 6.07 Å². The van der Waals surface area contributed by atoms with Crippen molar-refractivity contribution in [3.05, 3.63) is 56.7 Å². The molecule has 0 saturated carbocycles. The van der Waals surface area contributed by atoms with Gasteiger partial charge in [-0.2, -0.15) is 0 Å². The van der Waals surface area contributed by atoms with E-state index >= 15 is 0 Å². The lowest BCUT2D eigenvalue weighted by Crippen LogP contribution is -2.26. The Kier molecular flexibility index (Phi) is 4.25. The Bertz CT molecular complexity index is 1150. The van der Waals surface area contributed by atoms with E-state index in [9.17, 15) is 23.3 Å². The van der Waals surface area contributed by atoms with E-state index < -0.39 is 20.4 Å². The summed E-state index contributed by atoms with van der Waals surface area (Å²) in [4.78, 5) is 25.8. The molecule has 1 heterocycles. The summed E-state index contributed by atoms with van der Waals surface area (Å²) in [5.74, 6) is 0. The molecule has 0 amide bonds. The minimum Gasteiger partial charge on any atom is -0.395 e. The summed E-state index contributed by atoms with van der Waals surface area (Å²) in [5, 5.41) is 19.8. The zero-order valence-electron chi connectivity index (χ0n) is 12.7. The highest BCUT2D eigenvalue weighted by Crippen LogP contribution is 2.21. The molecule has 3 N–H and O–H groups in total. The molecule has 0 spiro atoms. The molecule has 0 aliphatic carbocycles. The van der Waals surface area contributed by atoms with Gasteiger partial charge in [0.25, 0.3) is 5.69 Å². The summed E-state index contributed by atoms with van der Waals surface area (Å²) in [6.07, 6.45) is 0. The standard InChI is InChI=1S/C15H13N3O6S/c19-6-5-16-25(23,24)10-2-4-14-12(8-10)15(20)11-7-9(18(21)22)1-3-13(11)17-14/h1-4,7-8,16,19H,5-6H2,(H,17,20). The van der Waals surface area contributed by atoms with Gasteiger partial charge in [-0.25, -0.2) is 13.1 Å². The molecule has 3 rings (SSSR count). The van der Waals surface area contributed by atoms with Crippen molar-refractivity contribution in [3.8, 4) is 0 Å². The molecular formula is C15H13N3O6S. The summed E-state index contributed by atoms with van der Waals surface area (Å²) >= 11 is 0. The topological polar surface area (TPSA) is 142 Å². The summed E-state index contributed by atoms with van der Waals surface area (Å²) in [6, 6.07) is 7.84. The van der Waals surface area contributed by atoms with Crippen molar-refractivity contribution in [2.75, 3.05) is 13.2 Å². The van der Waals surface area contributed by atoms with Gasteiger partial charge >= 0.3 is 0 Å². The third-order valence-electron chi connectivity index (χ3n) is 3.68. The van der Waals surface area contributed by atoms with Gasteiger partial charge in [-0.1, -0.05) is 0 Å². The lowest BCUT2D eigenvalue weighted by molar-refractivity contribution is -0.384. The first kappa shape index (κ1) is 17.0. The van der Waals surface area contributed by atoms with E-state index in [2.05, 4.69) is 9.71 Å². The number of rotatable bonds is 5. The fourth-order valence-electron chi connectivity index (χ4n) is 2.48. The highest BCUT2D eigenvalue weighted by Gasteiger charge is 2.16. The molecule has 0 radical (unpaired) electrons. The molecule has 1 aromatic heterocycles. The molecule has 0 bridgehead atoms. The van der Waals surface area contributed by atoms with Crippen LogP contribution in [0.4, 0.5) is 5.69 Å². The normalized spacial score (nSPS) is 11.9. The number of aliphatic hydroxyl groups is 1. The molecule has 10 heteroatoms. The molecule has 0 atom stereocenters. The molecule has 25 heavy (non-hydrogen) atoms. The first-order valence-electron chi connectivity index (χ1n) is 7.18. The molecule has 0 aliphatic rings. The van der Waals surface area contributed by atoms with Gasteiger partial charge in [0, 0.05) is 29.6 Å². The highest BCUT2D eigenvalue weighted by molar-refractivity contribution is 7.89. The van der Waals surface area contributed by atoms with Crippen molar-refractivity contribution >= 4 is 37.5 Å². The van der Waals surface area contributed by atoms with Gasteiger partial charge in [0.2, 0.25) is 10.0 Å². The average Bonchev–Trinajstić information content (AvgIpc) is 2.59. The van der Waals surface area contributed by atoms with Crippen molar-refractivity contribution in [3.63, 3.8) is 0 Å². The van der Waals surface area contributed by atoms with Crippen LogP contribution >= 0.6 is 0 Å². The number of nitro groups is 1. The van der Waals surface area contributed by atoms with Crippen LogP contribution in [0, 0.1) is 10.1 Å². The molecule has 0 aliphatic heterocycles. The summed E-state index contributed by atoms with van der Waals surface area (Å²) in [7, 11) is -3.88. The minimum atomic E-state index is -3.88. The molecular weight excluding hydrogens is 350 g/mol. The van der Waals surface area contributed by atoms with Crippen molar-refractivity contribution < 1.29 is 18.4 Å². The van der Waals surface area contributed by atoms with Crippen LogP contribution in [-0.4, -0.2) is 36.6 Å². The van der Waals surface area contributed by atoms with E-state index in [1.54, 1.807) is 0 Å². The number of nitro benzene ring substituents is 1. The number of H-pyrrole nitrogens is 1. The van der Waals surface area contributed by atoms with Gasteiger partial charge in [-0.3, -0.25) is 14.9 Å². The molecule has 0 unspecified atom stereocenters. The first-order valence-corrected chi connectivity index (χ1v) is 8.66. The Morgan fingerprint density at radius 3 is 2.40 bits per heavy atom. The molecule has 9 nitrogen and oxygen atoms in total. The Labute approximate surface area is 141 Å². The molecule has 2 aromatic carbocycles. The SMILES string of the molecule is O=c1c2cc([N+](=O)[O-])ccc2[nH]c2ccc(S(=O)(=O)NCCO)cc12. The zero-order chi connectivity index (χ0) is 18.2. The van der Waals surface area contributed by atoms with Crippen LogP contribution in [-0.2, 0) is 10.0 Å². The largest absolute Gasteiger partial charge is 0.395 e. The predicted molar refractivity (Wildman–Crippen MR) is 91.0 cm³/mol.